The van der Waals surface area contributed by atoms with Gasteiger partial charge in [-0.05, 0) is 36.7 Å². The van der Waals surface area contributed by atoms with E-state index in [0.29, 0.717) is 12.3 Å². The van der Waals surface area contributed by atoms with E-state index in [1.807, 2.05) is 13.1 Å². The fraction of sp³-hybridized carbons (Fsp3) is 0.733. The molecule has 0 radical (unpaired) electrons. The van der Waals surface area contributed by atoms with Crippen LogP contribution in [0.4, 0.5) is 0 Å². The number of nitrogens with zero attached hydrogens (tertiary/aromatic N) is 1. The summed E-state index contributed by atoms with van der Waals surface area (Å²) in [5.41, 5.74) is 2.54. The van der Waals surface area contributed by atoms with E-state index in [1.54, 1.807) is 0 Å². The lowest BCUT2D eigenvalue weighted by Gasteiger charge is -2.26. The zero-order chi connectivity index (χ0) is 14.5. The van der Waals surface area contributed by atoms with Crippen LogP contribution in [0.2, 0.25) is 0 Å². The minimum atomic E-state index is 0.159. The van der Waals surface area contributed by atoms with Crippen LogP contribution in [0.15, 0.2) is 6.20 Å². The van der Waals surface area contributed by atoms with Crippen LogP contribution < -0.4 is 5.32 Å². The summed E-state index contributed by atoms with van der Waals surface area (Å²) in [4.78, 5) is 11.8. The Kier molecular flexibility index (Phi) is 5.58. The van der Waals surface area contributed by atoms with Crippen molar-refractivity contribution >= 4 is 5.91 Å². The average Bonchev–Trinajstić information content (AvgIpc) is 2.69. The smallest absolute Gasteiger partial charge is 0.220 e. The van der Waals surface area contributed by atoms with Crippen LogP contribution in [0.3, 0.4) is 0 Å². The van der Waals surface area contributed by atoms with Crippen LogP contribution in [0, 0.1) is 18.3 Å². The van der Waals surface area contributed by atoms with Gasteiger partial charge >= 0.3 is 0 Å². The highest BCUT2D eigenvalue weighted by atomic mass is 16.1. The van der Waals surface area contributed by atoms with Crippen LogP contribution in [0.25, 0.3) is 0 Å². The Morgan fingerprint density at radius 2 is 2.16 bits per heavy atom. The molecular formula is C15H27N3O. The molecule has 1 aromatic heterocycles. The second kappa shape index (κ2) is 6.73. The lowest BCUT2D eigenvalue weighted by atomic mass is 9.80. The molecule has 0 aliphatic heterocycles. The number of carbonyl (C=O) groups is 1. The predicted octanol–water partition coefficient (Wildman–Crippen LogP) is 2.84. The Balaban J connectivity index is 2.19. The van der Waals surface area contributed by atoms with Gasteiger partial charge in [0.2, 0.25) is 5.91 Å². The number of nitrogens with one attached hydrogen (secondary N) is 2. The number of aryl methyl sites for hydroxylation is 2. The summed E-state index contributed by atoms with van der Waals surface area (Å²) in [5.74, 6) is 0.551. The van der Waals surface area contributed by atoms with Crippen LogP contribution in [-0.4, -0.2) is 22.6 Å². The van der Waals surface area contributed by atoms with Gasteiger partial charge in [-0.15, -0.1) is 0 Å². The van der Waals surface area contributed by atoms with Gasteiger partial charge in [-0.2, -0.15) is 5.10 Å². The maximum absolute atomic E-state index is 11.8. The van der Waals surface area contributed by atoms with Gasteiger partial charge in [0.15, 0.2) is 0 Å². The Bertz CT molecular complexity index is 404. The van der Waals surface area contributed by atoms with Gasteiger partial charge < -0.3 is 5.32 Å². The zero-order valence-corrected chi connectivity index (χ0v) is 12.8. The molecule has 0 saturated heterocycles. The van der Waals surface area contributed by atoms with E-state index in [0.717, 1.165) is 25.1 Å². The van der Waals surface area contributed by atoms with E-state index < -0.39 is 0 Å². The van der Waals surface area contributed by atoms with Crippen molar-refractivity contribution in [3.05, 3.63) is 17.5 Å². The predicted molar refractivity (Wildman–Crippen MR) is 77.9 cm³/mol. The highest BCUT2D eigenvalue weighted by molar-refractivity contribution is 5.76. The maximum atomic E-state index is 11.8. The van der Waals surface area contributed by atoms with Gasteiger partial charge in [0.1, 0.15) is 0 Å². The molecule has 0 aliphatic carbocycles. The summed E-state index contributed by atoms with van der Waals surface area (Å²) in [7, 11) is 0. The largest absolute Gasteiger partial charge is 0.356 e. The molecule has 0 spiro atoms. The molecule has 1 aromatic rings. The van der Waals surface area contributed by atoms with Crippen LogP contribution in [-0.2, 0) is 11.2 Å². The first-order valence-electron chi connectivity index (χ1n) is 7.06. The number of hydrogen-bond acceptors (Lipinski definition) is 2. The number of hydrogen-bond donors (Lipinski definition) is 2. The van der Waals surface area contributed by atoms with E-state index in [2.05, 4.69) is 43.2 Å². The highest BCUT2D eigenvalue weighted by Gasteiger charge is 2.22. The zero-order valence-electron chi connectivity index (χ0n) is 12.8. The first-order chi connectivity index (χ1) is 8.80. The number of rotatable bonds is 6. The van der Waals surface area contributed by atoms with E-state index in [4.69, 9.17) is 0 Å². The maximum Gasteiger partial charge on any atom is 0.220 e. The molecule has 0 bridgehead atoms. The number of carbonyl (C=O) groups excluding carboxylic acids is 1. The Hall–Kier alpha value is -1.32. The lowest BCUT2D eigenvalue weighted by Crippen LogP contribution is -2.29. The molecule has 1 atom stereocenters. The third-order valence-corrected chi connectivity index (χ3v) is 3.85. The quantitative estimate of drug-likeness (QED) is 0.777. The van der Waals surface area contributed by atoms with Gasteiger partial charge in [0.25, 0.3) is 0 Å². The number of H-pyrrole nitrogens is 1. The summed E-state index contributed by atoms with van der Waals surface area (Å²) in [6.45, 7) is 11.4. The fourth-order valence-electron chi connectivity index (χ4n) is 1.79. The van der Waals surface area contributed by atoms with Crippen molar-refractivity contribution in [2.75, 3.05) is 6.54 Å². The monoisotopic (exact) mass is 265 g/mol. The number of aromatic nitrogens is 2. The van der Waals surface area contributed by atoms with Crippen molar-refractivity contribution in [3.8, 4) is 0 Å². The molecule has 19 heavy (non-hydrogen) atoms. The molecule has 0 fully saturated rings. The Morgan fingerprint density at radius 1 is 1.47 bits per heavy atom. The first-order valence-corrected chi connectivity index (χ1v) is 7.06. The van der Waals surface area contributed by atoms with Gasteiger partial charge in [0, 0.05) is 18.7 Å². The van der Waals surface area contributed by atoms with Crippen LogP contribution >= 0.6 is 0 Å². The minimum absolute atomic E-state index is 0.159. The fourth-order valence-corrected chi connectivity index (χ4v) is 1.79. The van der Waals surface area contributed by atoms with E-state index in [-0.39, 0.29) is 11.3 Å². The summed E-state index contributed by atoms with van der Waals surface area (Å²) in [5, 5.41) is 9.91. The number of aromatic amines is 1. The molecule has 1 unspecified atom stereocenters. The standard InChI is InChI=1S/C15H27N3O/c1-11(15(3,4)5)9-14(19)16-8-6-7-13-10-17-18-12(13)2/h10-11H,6-9H2,1-5H3,(H,16,19)(H,17,18). The lowest BCUT2D eigenvalue weighted by molar-refractivity contribution is -0.122. The molecule has 0 saturated carbocycles. The van der Waals surface area contributed by atoms with E-state index in [9.17, 15) is 4.79 Å². The normalized spacial score (nSPS) is 13.3. The van der Waals surface area contributed by atoms with Crippen molar-refractivity contribution in [2.24, 2.45) is 11.3 Å². The van der Waals surface area contributed by atoms with Crippen molar-refractivity contribution in [2.45, 2.75) is 53.9 Å². The minimum Gasteiger partial charge on any atom is -0.356 e. The molecule has 0 aliphatic rings. The summed E-state index contributed by atoms with van der Waals surface area (Å²) < 4.78 is 0. The van der Waals surface area contributed by atoms with E-state index in [1.165, 1.54) is 5.56 Å². The van der Waals surface area contributed by atoms with Crippen LogP contribution in [0.1, 0.15) is 51.8 Å². The summed E-state index contributed by atoms with van der Waals surface area (Å²) in [6.07, 6.45) is 4.38. The molecule has 1 amide bonds. The molecule has 4 nitrogen and oxygen atoms in total. The van der Waals surface area contributed by atoms with Crippen molar-refractivity contribution in [1.82, 2.24) is 15.5 Å². The van der Waals surface area contributed by atoms with E-state index >= 15 is 0 Å². The highest BCUT2D eigenvalue weighted by Crippen LogP contribution is 2.27. The SMILES string of the molecule is Cc1[nH]ncc1CCCNC(=O)CC(C)C(C)(C)C. The number of amides is 1. The Labute approximate surface area is 116 Å². The molecule has 4 heteroatoms. The second-order valence-electron chi connectivity index (χ2n) is 6.44. The molecule has 0 aromatic carbocycles. The van der Waals surface area contributed by atoms with Gasteiger partial charge in [-0.3, -0.25) is 9.89 Å². The van der Waals surface area contributed by atoms with Crippen molar-refractivity contribution in [1.29, 1.82) is 0 Å². The third-order valence-electron chi connectivity index (χ3n) is 3.85. The topological polar surface area (TPSA) is 57.8 Å². The van der Waals surface area contributed by atoms with Gasteiger partial charge in [-0.1, -0.05) is 27.7 Å². The summed E-state index contributed by atoms with van der Waals surface area (Å²) >= 11 is 0. The second-order valence-corrected chi connectivity index (χ2v) is 6.44. The molecule has 1 heterocycles. The molecule has 1 rings (SSSR count). The van der Waals surface area contributed by atoms with Crippen molar-refractivity contribution < 1.29 is 4.79 Å². The molecule has 2 N–H and O–H groups in total. The van der Waals surface area contributed by atoms with Crippen LogP contribution in [0.5, 0.6) is 0 Å². The molecule has 108 valence electrons. The summed E-state index contributed by atoms with van der Waals surface area (Å²) in [6, 6.07) is 0. The van der Waals surface area contributed by atoms with Gasteiger partial charge in [-0.25, -0.2) is 0 Å². The van der Waals surface area contributed by atoms with Crippen molar-refractivity contribution in [3.63, 3.8) is 0 Å². The average molecular weight is 265 g/mol. The molecular weight excluding hydrogens is 238 g/mol. The third kappa shape index (κ3) is 5.45. The van der Waals surface area contributed by atoms with Gasteiger partial charge in [0.05, 0.1) is 6.20 Å². The first kappa shape index (κ1) is 15.7. The Morgan fingerprint density at radius 3 is 2.68 bits per heavy atom.